The zero-order valence-corrected chi connectivity index (χ0v) is 25.4. The highest BCUT2D eigenvalue weighted by Crippen LogP contribution is 2.30. The van der Waals surface area contributed by atoms with Crippen LogP contribution in [-0.2, 0) is 28.7 Å². The van der Waals surface area contributed by atoms with E-state index in [0.29, 0.717) is 22.7 Å². The molecule has 3 N–H and O–H groups in total. The topological polar surface area (TPSA) is 154 Å². The highest BCUT2D eigenvalue weighted by Gasteiger charge is 2.35. The number of imidazole rings is 1. The van der Waals surface area contributed by atoms with Crippen LogP contribution in [0.2, 0.25) is 0 Å². The number of likely N-dealkylation sites (N-methyl/N-ethyl adjacent to an activating group) is 1. The highest BCUT2D eigenvalue weighted by molar-refractivity contribution is 5.93. The molecule has 0 saturated carbocycles. The van der Waals surface area contributed by atoms with Gasteiger partial charge in [0.15, 0.2) is 5.82 Å². The number of carbonyl (C=O) groups is 3. The average molecular weight is 638 g/mol. The molecule has 0 aromatic carbocycles. The molecule has 3 amide bonds. The highest BCUT2D eigenvalue weighted by atomic mass is 19.4. The molecule has 0 radical (unpaired) electrons. The number of carbonyl (C=O) groups excluding carboxylic acids is 2. The predicted octanol–water partition coefficient (Wildman–Crippen LogP) is 4.11. The molecule has 1 atom stereocenters. The number of halogens is 4. The molecule has 0 saturated heterocycles. The molecule has 0 aliphatic carbocycles. The third-order valence-corrected chi connectivity index (χ3v) is 6.81. The number of nitrogens with one attached hydrogen (secondary N) is 2. The molecule has 12 nitrogen and oxygen atoms in total. The van der Waals surface area contributed by atoms with Gasteiger partial charge < -0.3 is 25.2 Å². The second-order valence-corrected chi connectivity index (χ2v) is 11.1. The zero-order chi connectivity index (χ0) is 33.6. The Morgan fingerprint density at radius 2 is 1.87 bits per heavy atom. The van der Waals surface area contributed by atoms with Crippen LogP contribution in [0.1, 0.15) is 43.9 Å². The normalized spacial score (nSPS) is 12.6. The van der Waals surface area contributed by atoms with Crippen LogP contribution < -0.4 is 10.9 Å². The number of aromatic nitrogens is 4. The van der Waals surface area contributed by atoms with Crippen molar-refractivity contribution in [3.05, 3.63) is 63.9 Å². The van der Waals surface area contributed by atoms with Gasteiger partial charge in [-0.1, -0.05) is 19.9 Å². The number of rotatable bonds is 12. The van der Waals surface area contributed by atoms with Crippen LogP contribution >= 0.6 is 0 Å². The number of nitrogens with zero attached hydrogens (tertiary/aromatic N) is 5. The van der Waals surface area contributed by atoms with E-state index in [4.69, 9.17) is 0 Å². The van der Waals surface area contributed by atoms with Crippen molar-refractivity contribution in [2.24, 2.45) is 11.8 Å². The lowest BCUT2D eigenvalue weighted by Crippen LogP contribution is -2.38. The first-order chi connectivity index (χ1) is 21.0. The third kappa shape index (κ3) is 8.89. The number of alkyl halides is 3. The molecule has 244 valence electrons. The van der Waals surface area contributed by atoms with E-state index < -0.39 is 53.4 Å². The fraction of sp³-hybridized carbons (Fsp3) is 0.448. The number of amides is 3. The summed E-state index contributed by atoms with van der Waals surface area (Å²) >= 11 is 0. The first-order valence-corrected chi connectivity index (χ1v) is 13.9. The lowest BCUT2D eigenvalue weighted by atomic mass is 10.0. The van der Waals surface area contributed by atoms with Gasteiger partial charge in [-0.15, -0.1) is 0 Å². The van der Waals surface area contributed by atoms with Gasteiger partial charge in [0.25, 0.3) is 5.56 Å². The minimum Gasteiger partial charge on any atom is -0.465 e. The summed E-state index contributed by atoms with van der Waals surface area (Å²) in [5.74, 6) is -2.93. The van der Waals surface area contributed by atoms with Gasteiger partial charge in [0.2, 0.25) is 11.8 Å². The van der Waals surface area contributed by atoms with Gasteiger partial charge in [0.05, 0.1) is 29.9 Å². The molecule has 0 spiro atoms. The lowest BCUT2D eigenvalue weighted by molar-refractivity contribution is -0.144. The minimum absolute atomic E-state index is 0.0623. The summed E-state index contributed by atoms with van der Waals surface area (Å²) < 4.78 is 56.8. The number of aromatic amines is 1. The number of pyridine rings is 2. The maximum Gasteiger partial charge on any atom is 0.431 e. The standard InChI is InChI=1S/C29H35F4N7O5/c1-16(2)12-20-25-24(18(30)13-34-20)36-22(37-25)15-40-21(29(31,32)33)11-10-19(27(40)43)35-26(42)17(14-39(5)28(44)45)8-6-7-9-23(41)38(3)4/h7,9-11,13,16-17H,6,8,12,14-15H2,1-5H3,(H,35,42)(H,36,37)(H,44,45)/b9-7+/t17-/m0/s1. The Morgan fingerprint density at radius 3 is 2.47 bits per heavy atom. The van der Waals surface area contributed by atoms with Crippen molar-refractivity contribution in [1.29, 1.82) is 0 Å². The smallest absolute Gasteiger partial charge is 0.431 e. The summed E-state index contributed by atoms with van der Waals surface area (Å²) in [6.07, 6.45) is -1.83. The van der Waals surface area contributed by atoms with Crippen LogP contribution in [0, 0.1) is 17.7 Å². The van der Waals surface area contributed by atoms with Gasteiger partial charge in [-0.25, -0.2) is 14.2 Å². The maximum atomic E-state index is 14.5. The predicted molar refractivity (Wildman–Crippen MR) is 157 cm³/mol. The van der Waals surface area contributed by atoms with E-state index in [1.54, 1.807) is 14.1 Å². The van der Waals surface area contributed by atoms with E-state index >= 15 is 0 Å². The second-order valence-electron chi connectivity index (χ2n) is 11.1. The molecule has 0 unspecified atom stereocenters. The van der Waals surface area contributed by atoms with E-state index in [0.717, 1.165) is 17.2 Å². The number of carboxylic acid groups (broad SMARTS) is 1. The Bertz CT molecular complexity index is 1650. The molecule has 0 fully saturated rings. The summed E-state index contributed by atoms with van der Waals surface area (Å²) in [7, 11) is 4.34. The van der Waals surface area contributed by atoms with E-state index in [2.05, 4.69) is 20.3 Å². The van der Waals surface area contributed by atoms with Crippen LogP contribution in [0.25, 0.3) is 11.0 Å². The number of hydrogen-bond donors (Lipinski definition) is 3. The minimum atomic E-state index is -4.97. The second kappa shape index (κ2) is 14.3. The van der Waals surface area contributed by atoms with Crippen molar-refractivity contribution in [1.82, 2.24) is 29.3 Å². The van der Waals surface area contributed by atoms with Crippen molar-refractivity contribution >= 4 is 34.6 Å². The van der Waals surface area contributed by atoms with Gasteiger partial charge in [0.1, 0.15) is 22.7 Å². The summed E-state index contributed by atoms with van der Waals surface area (Å²) in [4.78, 5) is 62.9. The first kappa shape index (κ1) is 34.7. The number of allylic oxidation sites excluding steroid dienone is 1. The van der Waals surface area contributed by atoms with Crippen LogP contribution in [0.3, 0.4) is 0 Å². The SMILES string of the molecule is CC(C)Cc1ncc(F)c2nc(Cn3c(C(F)(F)F)ccc(NC(=O)[C@@H](CC/C=C/C(=O)N(C)C)CN(C)C(=O)O)c3=O)[nH]c12. The van der Waals surface area contributed by atoms with Crippen molar-refractivity contribution in [3.8, 4) is 0 Å². The van der Waals surface area contributed by atoms with Gasteiger partial charge in [0, 0.05) is 27.7 Å². The average Bonchev–Trinajstić information content (AvgIpc) is 3.37. The van der Waals surface area contributed by atoms with Crippen LogP contribution in [0.4, 0.5) is 28.0 Å². The molecule has 0 aliphatic rings. The summed E-state index contributed by atoms with van der Waals surface area (Å²) in [6.45, 7) is 2.80. The number of hydrogen-bond acceptors (Lipinski definition) is 6. The molecule has 16 heteroatoms. The van der Waals surface area contributed by atoms with Crippen LogP contribution in [0.15, 0.2) is 35.3 Å². The van der Waals surface area contributed by atoms with Crippen molar-refractivity contribution in [3.63, 3.8) is 0 Å². The number of H-pyrrole nitrogens is 1. The Morgan fingerprint density at radius 1 is 1.18 bits per heavy atom. The molecule has 0 aliphatic heterocycles. The van der Waals surface area contributed by atoms with Crippen LogP contribution in [0.5, 0.6) is 0 Å². The Labute approximate surface area is 255 Å². The molecule has 3 aromatic rings. The molecule has 0 bridgehead atoms. The van der Waals surface area contributed by atoms with Gasteiger partial charge in [-0.3, -0.25) is 23.9 Å². The molecular formula is C29H35F4N7O5. The molecule has 3 heterocycles. The van der Waals surface area contributed by atoms with Crippen LogP contribution in [-0.4, -0.2) is 80.0 Å². The fourth-order valence-electron chi connectivity index (χ4n) is 4.49. The van der Waals surface area contributed by atoms with Crippen molar-refractivity contribution < 1.29 is 37.1 Å². The third-order valence-electron chi connectivity index (χ3n) is 6.81. The molecule has 3 aromatic heterocycles. The van der Waals surface area contributed by atoms with Gasteiger partial charge >= 0.3 is 12.3 Å². The quantitative estimate of drug-likeness (QED) is 0.200. The Balaban J connectivity index is 1.96. The van der Waals surface area contributed by atoms with E-state index in [1.165, 1.54) is 24.1 Å². The van der Waals surface area contributed by atoms with Gasteiger partial charge in [-0.2, -0.15) is 13.2 Å². The maximum absolute atomic E-state index is 14.5. The summed E-state index contributed by atoms with van der Waals surface area (Å²) in [6, 6.07) is 1.44. The zero-order valence-electron chi connectivity index (χ0n) is 25.4. The molecule has 3 rings (SSSR count). The van der Waals surface area contributed by atoms with E-state index in [1.807, 2.05) is 13.8 Å². The first-order valence-electron chi connectivity index (χ1n) is 13.9. The largest absolute Gasteiger partial charge is 0.465 e. The molecular weight excluding hydrogens is 602 g/mol. The molecule has 45 heavy (non-hydrogen) atoms. The van der Waals surface area contributed by atoms with Gasteiger partial charge in [-0.05, 0) is 43.4 Å². The fourth-order valence-corrected chi connectivity index (χ4v) is 4.49. The lowest BCUT2D eigenvalue weighted by Gasteiger charge is -2.22. The monoisotopic (exact) mass is 637 g/mol. The van der Waals surface area contributed by atoms with E-state index in [-0.39, 0.29) is 48.1 Å². The van der Waals surface area contributed by atoms with E-state index in [9.17, 15) is 41.8 Å². The summed E-state index contributed by atoms with van der Waals surface area (Å²) in [5, 5.41) is 11.6. The number of fused-ring (bicyclic) bond motifs is 1. The number of anilines is 1. The summed E-state index contributed by atoms with van der Waals surface area (Å²) in [5.41, 5.74) is -2.49. The Hall–Kier alpha value is -4.76. The van der Waals surface area contributed by atoms with Crippen molar-refractivity contribution in [2.45, 2.75) is 45.8 Å². The Kier molecular flexibility index (Phi) is 11.1. The van der Waals surface area contributed by atoms with Crippen molar-refractivity contribution in [2.75, 3.05) is 33.0 Å².